The fourth-order valence-electron chi connectivity index (χ4n) is 14.9. The minimum atomic E-state index is -1.70. The van der Waals surface area contributed by atoms with Gasteiger partial charge in [-0.05, 0) is 109 Å². The molecule has 9 rings (SSSR count). The van der Waals surface area contributed by atoms with Crippen molar-refractivity contribution in [1.29, 1.82) is 0 Å². The van der Waals surface area contributed by atoms with Crippen LogP contribution in [0, 0.1) is 5.92 Å². The van der Waals surface area contributed by atoms with Crippen molar-refractivity contribution in [3.63, 3.8) is 0 Å². The molecule has 3 heterocycles. The molecule has 0 bridgehead atoms. The summed E-state index contributed by atoms with van der Waals surface area (Å²) in [5, 5.41) is 54.4. The highest BCUT2D eigenvalue weighted by atomic mass is 32.2. The quantitative estimate of drug-likeness (QED) is 0.0551. The molecule has 2 aliphatic rings. The number of aromatic nitrogens is 1. The SMILES string of the molecule is CCCC[C@H]1C(=O)N2CCC[C@@H]2C(=O)N[C@@H](CO)C(=O)N[C@@H](C)C(=O)N(C)[C@@H](Cc2ccccc2)C(=O)N[C@@H](Cc2ccc(O)cc2)C(=O)N(C)C(=O)N[C@@H](Cc2c[nH]c3ccccc23)C(=O)N[C@@H](Cc2ccc(O)cc2)C(=O)N[C@@H](CC(C)C)C(=O)N[C@H](C)CSCC(=O)N[C@@H](Cc2ccccc2)C(=O)N(C)[C@@H](Cc2ccccc2)C(=O)N1C. The smallest absolute Gasteiger partial charge is 0.324 e. The molecular weight excluding hydrogens is 1550 g/mol. The Morgan fingerprint density at radius 2 is 0.925 bits per heavy atom. The number of H-pyrrole nitrogens is 1. The second-order valence-corrected chi connectivity index (χ2v) is 32.4. The van der Waals surface area contributed by atoms with Crippen LogP contribution < -0.4 is 42.5 Å². The van der Waals surface area contributed by atoms with E-state index in [4.69, 9.17) is 0 Å². The Labute approximate surface area is 703 Å². The van der Waals surface area contributed by atoms with Gasteiger partial charge in [-0.3, -0.25) is 62.4 Å². The van der Waals surface area contributed by atoms with E-state index in [2.05, 4.69) is 47.5 Å². The Balaban J connectivity index is 1.08. The van der Waals surface area contributed by atoms with Gasteiger partial charge in [0.1, 0.15) is 78.0 Å². The topological polar surface area (TPSA) is 411 Å². The summed E-state index contributed by atoms with van der Waals surface area (Å²) in [4.78, 5) is 204. The second-order valence-electron chi connectivity index (χ2n) is 31.3. The van der Waals surface area contributed by atoms with Crippen LogP contribution in [0.4, 0.5) is 4.79 Å². The summed E-state index contributed by atoms with van der Waals surface area (Å²) in [6.45, 7) is 7.74. The average molecular weight is 1670 g/mol. The van der Waals surface area contributed by atoms with Crippen molar-refractivity contribution < 1.29 is 77.6 Å². The number of phenols is 2. The van der Waals surface area contributed by atoms with Gasteiger partial charge in [0.2, 0.25) is 65.0 Å². The van der Waals surface area contributed by atoms with E-state index >= 15 is 38.4 Å². The molecular formula is C89H112N14O16S. The number of benzene rings is 6. The molecule has 0 radical (unpaired) electrons. The standard InChI is InChI=1S/C89H112N14O16S/c1-10-11-32-74-88(118)103-42-23-33-73(103)82(112)97-72(51-104)81(111)92-56(5)84(114)100(7)75(47-58-26-17-13-18-27-58)83(113)96-71(46-61-36-40-64(106)41-37-61)86(116)102(9)89(119)98-69(49-62-50-90-66-31-22-21-30-65(62)66)80(110)95-68(44-60-34-38-63(105)39-35-60)79(109)94-67(43-54(2)3)78(108)91-55(4)52-120-53-77(107)93-70(45-57-24-15-12-16-25-57)85(115)101(8)76(87(117)99(74)6)48-59-28-19-14-20-29-59/h12-22,24-31,34-41,50,54-56,67-76,90,104-106H,10-11,23,32-33,42-49,51-53H2,1-9H3,(H,91,108)(H,92,111)(H,93,107)(H,94,109)(H,95,110)(H,96,113)(H,97,112)(H,98,119)/t55-,56+,67+,68+,69+,70+,71+,72+,73-,74+,75+,76+/m1/s1. The summed E-state index contributed by atoms with van der Waals surface area (Å²) in [5.74, 6) is -9.77. The molecule has 640 valence electrons. The Morgan fingerprint density at radius 1 is 0.450 bits per heavy atom. The minimum absolute atomic E-state index is 0.00324. The third-order valence-electron chi connectivity index (χ3n) is 21.7. The normalized spacial score (nSPS) is 23.7. The first-order chi connectivity index (χ1) is 57.4. The highest BCUT2D eigenvalue weighted by Gasteiger charge is 2.44. The van der Waals surface area contributed by atoms with Gasteiger partial charge in [-0.15, -0.1) is 11.8 Å². The monoisotopic (exact) mass is 1660 g/mol. The van der Waals surface area contributed by atoms with Crippen LogP contribution in [-0.4, -0.2) is 247 Å². The van der Waals surface area contributed by atoms with E-state index in [9.17, 15) is 39.3 Å². The predicted octanol–water partition coefficient (Wildman–Crippen LogP) is 4.75. The van der Waals surface area contributed by atoms with E-state index in [1.807, 2.05) is 20.8 Å². The number of aliphatic hydroxyl groups is 1. The zero-order chi connectivity index (χ0) is 86.9. The fraction of sp³-hybridized carbons (Fsp3) is 0.427. The second kappa shape index (κ2) is 44.1. The minimum Gasteiger partial charge on any atom is -0.508 e. The first-order valence-electron chi connectivity index (χ1n) is 40.6. The summed E-state index contributed by atoms with van der Waals surface area (Å²) >= 11 is 1.16. The van der Waals surface area contributed by atoms with Gasteiger partial charge in [0.05, 0.1) is 12.4 Å². The number of unbranched alkanes of at least 4 members (excludes halogenated alkanes) is 1. The fourth-order valence-corrected chi connectivity index (χ4v) is 15.7. The van der Waals surface area contributed by atoms with Gasteiger partial charge in [-0.1, -0.05) is 167 Å². The zero-order valence-electron chi connectivity index (χ0n) is 69.3. The molecule has 2 fully saturated rings. The number of carbonyl (C=O) groups is 13. The summed E-state index contributed by atoms with van der Waals surface area (Å²) < 4.78 is 0. The first kappa shape index (κ1) is 91.8. The molecule has 31 heteroatoms. The number of amides is 14. The molecule has 120 heavy (non-hydrogen) atoms. The number of nitrogens with zero attached hydrogens (tertiary/aromatic N) is 5. The third-order valence-corrected chi connectivity index (χ3v) is 22.9. The molecule has 30 nitrogen and oxygen atoms in total. The molecule has 2 saturated heterocycles. The molecule has 2 aliphatic heterocycles. The van der Waals surface area contributed by atoms with Gasteiger partial charge in [0.25, 0.3) is 5.91 Å². The predicted molar refractivity (Wildman–Crippen MR) is 454 cm³/mol. The summed E-state index contributed by atoms with van der Waals surface area (Å²) in [7, 11) is 5.36. The van der Waals surface area contributed by atoms with Gasteiger partial charge in [0.15, 0.2) is 0 Å². The van der Waals surface area contributed by atoms with E-state index in [0.717, 1.165) is 23.7 Å². The van der Waals surface area contributed by atoms with Crippen LogP contribution >= 0.6 is 11.8 Å². The van der Waals surface area contributed by atoms with Crippen LogP contribution in [0.3, 0.4) is 0 Å². The number of rotatable bonds is 18. The Hall–Kier alpha value is -12.1. The number of urea groups is 1. The molecule has 0 saturated carbocycles. The maximum Gasteiger partial charge on any atom is 0.324 e. The number of phenolic OH excluding ortho intramolecular Hbond substituents is 2. The lowest BCUT2D eigenvalue weighted by atomic mass is 9.99. The molecule has 6 aromatic carbocycles. The van der Waals surface area contributed by atoms with E-state index in [-0.39, 0.29) is 93.3 Å². The number of aliphatic hydroxyl groups excluding tert-OH is 1. The number of hydrogen-bond acceptors (Lipinski definition) is 17. The number of imide groups is 1. The molecule has 0 unspecified atom stereocenters. The van der Waals surface area contributed by atoms with E-state index in [1.54, 1.807) is 141 Å². The van der Waals surface area contributed by atoms with Gasteiger partial charge in [-0.2, -0.15) is 0 Å². The van der Waals surface area contributed by atoms with Crippen LogP contribution in [0.15, 0.2) is 170 Å². The number of fused-ring (bicyclic) bond motifs is 2. The number of thioether (sulfide) groups is 1. The van der Waals surface area contributed by atoms with Crippen molar-refractivity contribution >= 4 is 99.6 Å². The molecule has 0 spiro atoms. The lowest BCUT2D eigenvalue weighted by Crippen LogP contribution is -2.61. The van der Waals surface area contributed by atoms with Crippen LogP contribution in [0.2, 0.25) is 0 Å². The number of aromatic hydroxyl groups is 2. The molecule has 12 atom stereocenters. The molecule has 12 N–H and O–H groups in total. The number of para-hydroxylation sites is 1. The van der Waals surface area contributed by atoms with Crippen LogP contribution in [0.25, 0.3) is 10.9 Å². The number of carbonyl (C=O) groups excluding carboxylic acids is 13. The average Bonchev–Trinajstić information content (AvgIpc) is 1.57. The highest BCUT2D eigenvalue weighted by Crippen LogP contribution is 2.27. The van der Waals surface area contributed by atoms with Crippen LogP contribution in [0.5, 0.6) is 11.5 Å². The van der Waals surface area contributed by atoms with Crippen LogP contribution in [-0.2, 0) is 96.1 Å². The Bertz CT molecular complexity index is 4700. The summed E-state index contributed by atoms with van der Waals surface area (Å²) in [6, 6.07) is 28.0. The van der Waals surface area contributed by atoms with Crippen molar-refractivity contribution in [2.24, 2.45) is 5.92 Å². The van der Waals surface area contributed by atoms with Crippen molar-refractivity contribution in [1.82, 2.24) is 72.0 Å². The summed E-state index contributed by atoms with van der Waals surface area (Å²) in [5.41, 5.74) is 3.98. The number of nitrogens with one attached hydrogen (secondary N) is 9. The maximum atomic E-state index is 15.5. The van der Waals surface area contributed by atoms with Crippen molar-refractivity contribution in [2.75, 3.05) is 52.8 Å². The number of hydrogen-bond donors (Lipinski definition) is 12. The van der Waals surface area contributed by atoms with E-state index in [0.29, 0.717) is 68.4 Å². The first-order valence-corrected chi connectivity index (χ1v) is 41.8. The van der Waals surface area contributed by atoms with Gasteiger partial charge in [0, 0.05) is 102 Å². The largest absolute Gasteiger partial charge is 0.508 e. The number of likely N-dealkylation sites (N-methyl/N-ethyl adjacent to an activating group) is 4. The summed E-state index contributed by atoms with van der Waals surface area (Å²) in [6.07, 6.45) is 2.45. The Kier molecular flexibility index (Phi) is 33.7. The van der Waals surface area contributed by atoms with E-state index < -0.39 is 156 Å². The number of aromatic amines is 1. The van der Waals surface area contributed by atoms with Gasteiger partial charge >= 0.3 is 6.03 Å². The molecule has 14 amide bonds. The lowest BCUT2D eigenvalue weighted by molar-refractivity contribution is -0.152. The lowest BCUT2D eigenvalue weighted by Gasteiger charge is -2.38. The van der Waals surface area contributed by atoms with Crippen molar-refractivity contribution in [2.45, 2.75) is 184 Å². The van der Waals surface area contributed by atoms with Gasteiger partial charge in [-0.25, -0.2) is 4.79 Å². The van der Waals surface area contributed by atoms with Gasteiger partial charge < -0.3 is 82.4 Å². The highest BCUT2D eigenvalue weighted by molar-refractivity contribution is 8.00. The third kappa shape index (κ3) is 25.5. The zero-order valence-corrected chi connectivity index (χ0v) is 70.1. The van der Waals surface area contributed by atoms with Crippen LogP contribution in [0.1, 0.15) is 107 Å². The van der Waals surface area contributed by atoms with Crippen molar-refractivity contribution in [3.05, 3.63) is 203 Å². The molecule has 7 aromatic rings. The molecule has 1 aromatic heterocycles. The van der Waals surface area contributed by atoms with E-state index in [1.165, 1.54) is 79.2 Å². The maximum absolute atomic E-state index is 15.5. The molecule has 0 aliphatic carbocycles. The Morgan fingerprint density at radius 3 is 1.50 bits per heavy atom. The van der Waals surface area contributed by atoms with Crippen molar-refractivity contribution in [3.8, 4) is 11.5 Å².